The summed E-state index contributed by atoms with van der Waals surface area (Å²) >= 11 is 1.14. The highest BCUT2D eigenvalue weighted by Crippen LogP contribution is 2.28. The number of nitrogens with one attached hydrogen (secondary N) is 4. The fourth-order valence-electron chi connectivity index (χ4n) is 13.0. The largest absolute Gasteiger partial charge is 0.390 e. The number of unbranched alkanes of at least 4 members (excludes halogenated alkanes) is 4. The highest BCUT2D eigenvalue weighted by atomic mass is 32.2. The minimum absolute atomic E-state index is 0.00804. The number of carbonyl (C=O) groups is 11. The minimum atomic E-state index is -1.63. The summed E-state index contributed by atoms with van der Waals surface area (Å²) in [6.45, 7) is 29.8. The van der Waals surface area contributed by atoms with Gasteiger partial charge in [0.2, 0.25) is 59.1 Å². The highest BCUT2D eigenvalue weighted by molar-refractivity contribution is 8.00. The van der Waals surface area contributed by atoms with E-state index in [2.05, 4.69) is 21.3 Å². The predicted octanol–water partition coefficient (Wildman–Crippen LogP) is 5.59. The lowest BCUT2D eigenvalue weighted by atomic mass is 9.90. The molecular formula is C73H134N12O14S. The molecule has 0 aromatic carbocycles. The van der Waals surface area contributed by atoms with Crippen LogP contribution in [-0.4, -0.2) is 257 Å². The third kappa shape index (κ3) is 27.2. The first-order chi connectivity index (χ1) is 46.7. The summed E-state index contributed by atoms with van der Waals surface area (Å²) in [5.74, 6) is -9.56. The van der Waals surface area contributed by atoms with Gasteiger partial charge in [-0.3, -0.25) is 52.7 Å². The number of aliphatic hydroxyl groups is 1. The Labute approximate surface area is 604 Å². The number of thioether (sulfide) groups is 1. The van der Waals surface area contributed by atoms with E-state index < -0.39 is 155 Å². The van der Waals surface area contributed by atoms with E-state index in [1.165, 1.54) is 92.6 Å². The average molecular weight is 1440 g/mol. The quantitative estimate of drug-likeness (QED) is 0.0575. The topological polar surface area (TPSA) is 323 Å². The molecule has 2 rings (SSSR count). The van der Waals surface area contributed by atoms with Crippen LogP contribution in [0, 0.1) is 41.4 Å². The van der Waals surface area contributed by atoms with E-state index >= 15 is 33.6 Å². The van der Waals surface area contributed by atoms with Gasteiger partial charge in [0, 0.05) is 55.9 Å². The van der Waals surface area contributed by atoms with Crippen molar-refractivity contribution in [2.75, 3.05) is 74.8 Å². The molecule has 14 atom stereocenters. The molecule has 100 heavy (non-hydrogen) atoms. The van der Waals surface area contributed by atoms with Gasteiger partial charge in [-0.2, -0.15) is 0 Å². The van der Waals surface area contributed by atoms with E-state index in [0.717, 1.165) is 61.6 Å². The lowest BCUT2D eigenvalue weighted by Crippen LogP contribution is -2.64. The van der Waals surface area contributed by atoms with Crippen LogP contribution in [0.4, 0.5) is 0 Å². The van der Waals surface area contributed by atoms with Gasteiger partial charge in [-0.05, 0) is 138 Å². The molecule has 0 spiro atoms. The Hall–Kier alpha value is -5.64. The van der Waals surface area contributed by atoms with Crippen LogP contribution >= 0.6 is 11.8 Å². The van der Waals surface area contributed by atoms with Crippen molar-refractivity contribution in [1.29, 1.82) is 0 Å². The second-order valence-corrected chi connectivity index (χ2v) is 31.8. The maximum Gasteiger partial charge on any atom is 0.256 e. The maximum atomic E-state index is 15.5. The minimum Gasteiger partial charge on any atom is -0.390 e. The first kappa shape index (κ1) is 90.4. The first-order valence-electron chi connectivity index (χ1n) is 37.0. The van der Waals surface area contributed by atoms with Gasteiger partial charge < -0.3 is 75.9 Å². The number of likely N-dealkylation sites (N-methyl/N-ethyl adjacent to an activating group) is 7. The molecule has 2 saturated heterocycles. The molecule has 0 radical (unpaired) electrons. The maximum absolute atomic E-state index is 15.5. The molecule has 2 fully saturated rings. The van der Waals surface area contributed by atoms with Crippen LogP contribution in [-0.2, 0) is 62.2 Å². The molecule has 11 amide bonds. The molecular weight excluding hydrogens is 1300 g/mol. The molecule has 0 bridgehead atoms. The molecule has 0 aromatic rings. The zero-order valence-electron chi connectivity index (χ0n) is 65.4. The summed E-state index contributed by atoms with van der Waals surface area (Å²) in [6, 6.07) is -12.6. The number of hydrogen-bond acceptors (Lipinski definition) is 16. The van der Waals surface area contributed by atoms with Crippen LogP contribution in [0.5, 0.6) is 0 Å². The first-order valence-corrected chi connectivity index (χ1v) is 38.1. The van der Waals surface area contributed by atoms with Crippen molar-refractivity contribution in [2.45, 2.75) is 285 Å². The van der Waals surface area contributed by atoms with Gasteiger partial charge in [0.05, 0.1) is 12.7 Å². The predicted molar refractivity (Wildman–Crippen MR) is 391 cm³/mol. The van der Waals surface area contributed by atoms with Gasteiger partial charge in [0.1, 0.15) is 60.4 Å². The number of aliphatic hydroxyl groups excluding tert-OH is 1. The van der Waals surface area contributed by atoms with Crippen molar-refractivity contribution in [1.82, 2.24) is 55.6 Å². The Morgan fingerprint density at radius 1 is 0.490 bits per heavy atom. The summed E-state index contributed by atoms with van der Waals surface area (Å²) in [4.78, 5) is 174. The molecule has 26 nitrogen and oxygen atoms in total. The Balaban J connectivity index is 3.10. The van der Waals surface area contributed by atoms with Crippen LogP contribution in [0.3, 0.4) is 0 Å². The smallest absolute Gasteiger partial charge is 0.256 e. The third-order valence-electron chi connectivity index (χ3n) is 19.3. The summed E-state index contributed by atoms with van der Waals surface area (Å²) in [5.41, 5.74) is 5.77. The van der Waals surface area contributed by atoms with Gasteiger partial charge in [-0.1, -0.05) is 123 Å². The molecule has 2 heterocycles. The summed E-state index contributed by atoms with van der Waals surface area (Å²) in [5, 5.41) is 22.5. The Morgan fingerprint density at radius 2 is 0.960 bits per heavy atom. The molecule has 2 aliphatic heterocycles. The second-order valence-electron chi connectivity index (χ2n) is 30.6. The van der Waals surface area contributed by atoms with Gasteiger partial charge >= 0.3 is 0 Å². The molecule has 0 saturated carbocycles. The van der Waals surface area contributed by atoms with E-state index in [-0.39, 0.29) is 68.7 Å². The number of amides is 11. The second kappa shape index (κ2) is 44.1. The van der Waals surface area contributed by atoms with Crippen molar-refractivity contribution >= 4 is 76.7 Å². The number of rotatable bonds is 26. The van der Waals surface area contributed by atoms with Crippen molar-refractivity contribution in [3.05, 3.63) is 0 Å². The Bertz CT molecular complexity index is 2630. The van der Waals surface area contributed by atoms with Crippen molar-refractivity contribution in [3.8, 4) is 0 Å². The van der Waals surface area contributed by atoms with Crippen molar-refractivity contribution in [3.63, 3.8) is 0 Å². The number of nitrogens with two attached hydrogens (primary N) is 1. The van der Waals surface area contributed by atoms with E-state index in [9.17, 15) is 24.3 Å². The fraction of sp³-hybridized carbons (Fsp3) is 0.849. The highest BCUT2D eigenvalue weighted by Gasteiger charge is 2.47. The number of ether oxygens (including phenoxy) is 2. The van der Waals surface area contributed by atoms with Gasteiger partial charge in [-0.25, -0.2) is 0 Å². The van der Waals surface area contributed by atoms with Gasteiger partial charge in [0.15, 0.2) is 11.7 Å². The van der Waals surface area contributed by atoms with E-state index in [1.54, 1.807) is 41.5 Å². The summed E-state index contributed by atoms with van der Waals surface area (Å²) in [7, 11) is 10.1. The van der Waals surface area contributed by atoms with Crippen LogP contribution in [0.1, 0.15) is 207 Å². The van der Waals surface area contributed by atoms with Crippen LogP contribution in [0.2, 0.25) is 0 Å². The number of carbonyl (C=O) groups excluding carboxylic acids is 11. The standard InChI is InChI=1S/C73H134N12O14S/c1-24-52-67(92)85(23)73(100-38-32-37-99-57-34-29-31-36-98-57)72(97)80(18)54(40-44(4)5)64(89)78-58(47(10)11)70(95)79(17)53(39-43(2)3)63(88)75-50(15)62(87)76-51(16)66(91)81(19)55(41-45(6)7)68(93)82(20)56(42-46(8)9)69(94)83(21)59(48(12)13)71(96)84(22)60(65(90)77-52)61(86)49(14)33-28-26-25-27-30-35-74/h43-61,73,86H,24-42,74H2,1-23H3,(H,75,88)(H,76,87)(H,77,90)(H,78,89)/t49-,50-,51+,52-,53-,54+,55-,56-,57?,58-,59-,60+,61-,73-/m1/s1. The molecule has 0 aromatic heterocycles. The molecule has 0 aliphatic carbocycles. The normalized spacial score (nSPS) is 27.0. The fourth-order valence-corrected chi connectivity index (χ4v) is 14.2. The SMILES string of the molecule is CC[C@H]1NC(=O)[C@H]([C@H](O)[C@H](C)CCCCCCCN)N(C)C(=O)[C@@H](C(C)C)N(C)C(=O)[C@@H](CC(C)C)N(C)C(=O)[C@@H](CC(C)C)N(C)C(=O)[C@H](C)NC(=O)[C@@H](C)NC(=O)[C@@H](CC(C)C)N(C)C(=O)[C@@H](C(C)C)NC(=O)[C@H](CC(C)C)N(C)C(=O)[C@@H](SCCCOC2CCCCO2)N(C)C1=O. The van der Waals surface area contributed by atoms with Crippen molar-refractivity contribution < 1.29 is 67.3 Å². The lowest BCUT2D eigenvalue weighted by molar-refractivity contribution is -0.162. The summed E-state index contributed by atoms with van der Waals surface area (Å²) in [6.07, 6.45) is 6.41. The molecule has 1 unspecified atom stereocenters. The zero-order valence-corrected chi connectivity index (χ0v) is 66.2. The van der Waals surface area contributed by atoms with E-state index in [1.807, 2.05) is 55.4 Å². The zero-order chi connectivity index (χ0) is 76.3. The molecule has 7 N–H and O–H groups in total. The Morgan fingerprint density at radius 3 is 1.46 bits per heavy atom. The monoisotopic (exact) mass is 1430 g/mol. The summed E-state index contributed by atoms with van der Waals surface area (Å²) < 4.78 is 11.8. The number of nitrogens with zero attached hydrogens (tertiary/aromatic N) is 7. The van der Waals surface area contributed by atoms with Gasteiger partial charge in [-0.15, -0.1) is 11.8 Å². The number of hydrogen-bond donors (Lipinski definition) is 6. The third-order valence-corrected chi connectivity index (χ3v) is 20.7. The molecule has 576 valence electrons. The molecule has 2 aliphatic rings. The molecule has 27 heteroatoms. The lowest BCUT2D eigenvalue weighted by Gasteiger charge is -2.41. The van der Waals surface area contributed by atoms with E-state index in [0.29, 0.717) is 38.2 Å². The van der Waals surface area contributed by atoms with Crippen molar-refractivity contribution in [2.24, 2.45) is 47.2 Å². The van der Waals surface area contributed by atoms with Crippen LogP contribution in [0.25, 0.3) is 0 Å². The van der Waals surface area contributed by atoms with Crippen LogP contribution < -0.4 is 27.0 Å². The Kier molecular flexibility index (Phi) is 39.9. The van der Waals surface area contributed by atoms with Crippen LogP contribution in [0.15, 0.2) is 0 Å². The van der Waals surface area contributed by atoms with E-state index in [4.69, 9.17) is 15.2 Å². The van der Waals surface area contributed by atoms with Gasteiger partial charge in [0.25, 0.3) is 5.91 Å². The average Bonchev–Trinajstić information content (AvgIpc) is 0.804.